The molecule has 0 N–H and O–H groups in total. The van der Waals surface area contributed by atoms with Crippen molar-refractivity contribution in [1.29, 1.82) is 0 Å². The molecule has 2 heteroatoms. The molecule has 0 radical (unpaired) electrons. The van der Waals surface area contributed by atoms with E-state index in [0.717, 1.165) is 13.2 Å². The average molecular weight is 138 g/mol. The minimum absolute atomic E-state index is 0.541. The summed E-state index contributed by atoms with van der Waals surface area (Å²) >= 11 is 0. The molecule has 0 saturated carbocycles. The zero-order valence-electron chi connectivity index (χ0n) is 5.69. The fourth-order valence-corrected chi connectivity index (χ4v) is 1.29. The maximum absolute atomic E-state index is 5.10. The molecule has 0 amide bonds. The molecule has 10 heavy (non-hydrogen) atoms. The second kappa shape index (κ2) is 2.37. The maximum Gasteiger partial charge on any atom is 0.0943 e. The van der Waals surface area contributed by atoms with Crippen LogP contribution in [-0.4, -0.2) is 13.2 Å². The van der Waals surface area contributed by atoms with Gasteiger partial charge in [-0.1, -0.05) is 0 Å². The minimum atomic E-state index is 0.541. The highest BCUT2D eigenvalue weighted by Gasteiger charge is 2.22. The largest absolute Gasteiger partial charge is 0.501 e. The lowest BCUT2D eigenvalue weighted by Crippen LogP contribution is -2.13. The fraction of sp³-hybridized carbons (Fsp3) is 0.500. The third-order valence-electron chi connectivity index (χ3n) is 1.97. The van der Waals surface area contributed by atoms with Gasteiger partial charge >= 0.3 is 0 Å². The Morgan fingerprint density at radius 2 is 1.40 bits per heavy atom. The van der Waals surface area contributed by atoms with E-state index in [1.165, 1.54) is 0 Å². The molecule has 0 aromatic carbocycles. The predicted octanol–water partition coefficient (Wildman–Crippen LogP) is 1.31. The van der Waals surface area contributed by atoms with Crippen LogP contribution in [0.1, 0.15) is 0 Å². The highest BCUT2D eigenvalue weighted by atomic mass is 16.5. The first-order valence-electron chi connectivity index (χ1n) is 3.53. The van der Waals surface area contributed by atoms with E-state index in [4.69, 9.17) is 9.47 Å². The molecule has 0 bridgehead atoms. The van der Waals surface area contributed by atoms with Crippen LogP contribution in [0, 0.1) is 11.8 Å². The number of hydrogen-bond acceptors (Lipinski definition) is 2. The molecule has 0 aromatic rings. The van der Waals surface area contributed by atoms with Crippen LogP contribution in [0.25, 0.3) is 0 Å². The summed E-state index contributed by atoms with van der Waals surface area (Å²) in [4.78, 5) is 0. The van der Waals surface area contributed by atoms with Crippen molar-refractivity contribution < 1.29 is 9.47 Å². The standard InChI is InChI=1S/C8H10O2/c1-3-9-5-7(1)8-2-4-10-6-8/h1-4,7-8H,5-6H2. The van der Waals surface area contributed by atoms with Crippen molar-refractivity contribution in [3.63, 3.8) is 0 Å². The van der Waals surface area contributed by atoms with Gasteiger partial charge in [-0.2, -0.15) is 0 Å². The van der Waals surface area contributed by atoms with Crippen molar-refractivity contribution in [3.8, 4) is 0 Å². The Morgan fingerprint density at radius 3 is 1.70 bits per heavy atom. The first kappa shape index (κ1) is 5.83. The van der Waals surface area contributed by atoms with Crippen molar-refractivity contribution >= 4 is 0 Å². The van der Waals surface area contributed by atoms with Gasteiger partial charge in [-0.3, -0.25) is 0 Å². The molecule has 2 aliphatic rings. The summed E-state index contributed by atoms with van der Waals surface area (Å²) in [5.74, 6) is 1.08. The van der Waals surface area contributed by atoms with Gasteiger partial charge in [0.2, 0.25) is 0 Å². The molecule has 2 rings (SSSR count). The van der Waals surface area contributed by atoms with Gasteiger partial charge in [0.05, 0.1) is 25.7 Å². The van der Waals surface area contributed by atoms with Crippen LogP contribution in [0.4, 0.5) is 0 Å². The Morgan fingerprint density at radius 1 is 0.900 bits per heavy atom. The second-order valence-corrected chi connectivity index (χ2v) is 2.65. The smallest absolute Gasteiger partial charge is 0.0943 e. The van der Waals surface area contributed by atoms with Gasteiger partial charge < -0.3 is 9.47 Å². The lowest BCUT2D eigenvalue weighted by Gasteiger charge is -2.10. The third-order valence-corrected chi connectivity index (χ3v) is 1.97. The van der Waals surface area contributed by atoms with Crippen LogP contribution >= 0.6 is 0 Å². The molecule has 2 atom stereocenters. The molecule has 0 aliphatic carbocycles. The Bertz CT molecular complexity index is 152. The average Bonchev–Trinajstić information content (AvgIpc) is 2.59. The molecule has 2 unspecified atom stereocenters. The van der Waals surface area contributed by atoms with Gasteiger partial charge in [-0.05, 0) is 12.2 Å². The first-order valence-corrected chi connectivity index (χ1v) is 3.53. The molecule has 0 aromatic heterocycles. The van der Waals surface area contributed by atoms with Crippen molar-refractivity contribution in [3.05, 3.63) is 24.7 Å². The van der Waals surface area contributed by atoms with E-state index < -0.39 is 0 Å². The minimum Gasteiger partial charge on any atom is -0.501 e. The molecule has 2 aliphatic heterocycles. The maximum atomic E-state index is 5.10. The van der Waals surface area contributed by atoms with Gasteiger partial charge in [0.25, 0.3) is 0 Å². The molecule has 2 heterocycles. The summed E-state index contributed by atoms with van der Waals surface area (Å²) in [6.45, 7) is 1.64. The lowest BCUT2D eigenvalue weighted by molar-refractivity contribution is 0.188. The second-order valence-electron chi connectivity index (χ2n) is 2.65. The van der Waals surface area contributed by atoms with E-state index in [1.807, 2.05) is 0 Å². The summed E-state index contributed by atoms with van der Waals surface area (Å²) in [6.07, 6.45) is 7.75. The summed E-state index contributed by atoms with van der Waals surface area (Å²) in [7, 11) is 0. The summed E-state index contributed by atoms with van der Waals surface area (Å²) in [6, 6.07) is 0. The van der Waals surface area contributed by atoms with Gasteiger partial charge in [0, 0.05) is 11.8 Å². The van der Waals surface area contributed by atoms with Crippen LogP contribution in [-0.2, 0) is 9.47 Å². The molecular weight excluding hydrogens is 128 g/mol. The van der Waals surface area contributed by atoms with Crippen LogP contribution in [0.3, 0.4) is 0 Å². The van der Waals surface area contributed by atoms with Crippen LogP contribution in [0.2, 0.25) is 0 Å². The van der Waals surface area contributed by atoms with Crippen molar-refractivity contribution in [2.45, 2.75) is 0 Å². The Balaban J connectivity index is 1.98. The van der Waals surface area contributed by atoms with E-state index >= 15 is 0 Å². The number of rotatable bonds is 1. The van der Waals surface area contributed by atoms with Crippen LogP contribution in [0.15, 0.2) is 24.7 Å². The molecule has 54 valence electrons. The molecule has 0 saturated heterocycles. The Labute approximate surface area is 60.1 Å². The monoisotopic (exact) mass is 138 g/mol. The third kappa shape index (κ3) is 0.897. The topological polar surface area (TPSA) is 18.5 Å². The van der Waals surface area contributed by atoms with Gasteiger partial charge in [-0.15, -0.1) is 0 Å². The molecule has 0 fully saturated rings. The van der Waals surface area contributed by atoms with Crippen molar-refractivity contribution in [2.75, 3.05) is 13.2 Å². The lowest BCUT2D eigenvalue weighted by atomic mass is 9.96. The SMILES string of the molecule is C1=CC(C2C=COC2)CO1. The number of hydrogen-bond donors (Lipinski definition) is 0. The van der Waals surface area contributed by atoms with Crippen molar-refractivity contribution in [2.24, 2.45) is 11.8 Å². The van der Waals surface area contributed by atoms with E-state index in [9.17, 15) is 0 Å². The molecule has 2 nitrogen and oxygen atoms in total. The molecule has 0 spiro atoms. The quantitative estimate of drug-likeness (QED) is 0.544. The highest BCUT2D eigenvalue weighted by molar-refractivity contribution is 5.02. The van der Waals surface area contributed by atoms with E-state index in [1.54, 1.807) is 12.5 Å². The van der Waals surface area contributed by atoms with Crippen molar-refractivity contribution in [1.82, 2.24) is 0 Å². The number of ether oxygens (including phenoxy) is 2. The van der Waals surface area contributed by atoms with Gasteiger partial charge in [0.15, 0.2) is 0 Å². The molecular formula is C8H10O2. The Kier molecular flexibility index (Phi) is 1.38. The summed E-state index contributed by atoms with van der Waals surface area (Å²) in [5.41, 5.74) is 0. The highest BCUT2D eigenvalue weighted by Crippen LogP contribution is 2.23. The first-order chi connectivity index (χ1) is 4.97. The predicted molar refractivity (Wildman–Crippen MR) is 37.2 cm³/mol. The normalized spacial score (nSPS) is 36.0. The van der Waals surface area contributed by atoms with Gasteiger partial charge in [-0.25, -0.2) is 0 Å². The van der Waals surface area contributed by atoms with Crippen LogP contribution in [0.5, 0.6) is 0 Å². The van der Waals surface area contributed by atoms with E-state index in [2.05, 4.69) is 12.2 Å². The fourth-order valence-electron chi connectivity index (χ4n) is 1.29. The van der Waals surface area contributed by atoms with E-state index in [0.29, 0.717) is 11.8 Å². The van der Waals surface area contributed by atoms with Crippen LogP contribution < -0.4 is 0 Å². The summed E-state index contributed by atoms with van der Waals surface area (Å²) in [5, 5.41) is 0. The zero-order chi connectivity index (χ0) is 6.81. The Hall–Kier alpha value is -0.920. The zero-order valence-corrected chi connectivity index (χ0v) is 5.69. The van der Waals surface area contributed by atoms with Gasteiger partial charge in [0.1, 0.15) is 0 Å². The summed E-state index contributed by atoms with van der Waals surface area (Å²) < 4.78 is 10.2. The van der Waals surface area contributed by atoms with E-state index in [-0.39, 0.29) is 0 Å².